The second-order valence-electron chi connectivity index (χ2n) is 6.29. The molecule has 1 unspecified atom stereocenters. The molecule has 4 nitrogen and oxygen atoms in total. The fraction of sp³-hybridized carbons (Fsp3) is 0.421. The number of nitrogens with zero attached hydrogens (tertiary/aromatic N) is 2. The number of hydrogen-bond donors (Lipinski definition) is 1. The summed E-state index contributed by atoms with van der Waals surface area (Å²) in [6, 6.07) is 12.4. The molecule has 0 saturated carbocycles. The average Bonchev–Trinajstić information content (AvgIpc) is 2.92. The quantitative estimate of drug-likeness (QED) is 0.890. The van der Waals surface area contributed by atoms with Gasteiger partial charge in [-0.15, -0.1) is 0 Å². The lowest BCUT2D eigenvalue weighted by atomic mass is 10.0. The first-order valence-corrected chi connectivity index (χ1v) is 8.41. The minimum absolute atomic E-state index is 0.00264. The van der Waals surface area contributed by atoms with Crippen LogP contribution >= 0.6 is 0 Å². The zero-order valence-electron chi connectivity index (χ0n) is 14.2. The maximum atomic E-state index is 12.8. The first-order valence-electron chi connectivity index (χ1n) is 8.41. The molecule has 4 heteroatoms. The first-order chi connectivity index (χ1) is 11.1. The second-order valence-corrected chi connectivity index (χ2v) is 6.29. The Morgan fingerprint density at radius 3 is 2.70 bits per heavy atom. The van der Waals surface area contributed by atoms with Crippen LogP contribution in [0.4, 0.5) is 10.5 Å². The van der Waals surface area contributed by atoms with Gasteiger partial charge in [-0.25, -0.2) is 4.79 Å². The highest BCUT2D eigenvalue weighted by Crippen LogP contribution is 2.32. The van der Waals surface area contributed by atoms with E-state index in [1.165, 1.54) is 11.4 Å². The molecule has 0 bridgehead atoms. The Morgan fingerprint density at radius 1 is 1.17 bits per heavy atom. The maximum Gasteiger partial charge on any atom is 0.322 e. The van der Waals surface area contributed by atoms with Crippen molar-refractivity contribution in [3.05, 3.63) is 53.3 Å². The molecule has 1 aliphatic rings. The lowest BCUT2D eigenvalue weighted by Gasteiger charge is -2.37. The van der Waals surface area contributed by atoms with Crippen molar-refractivity contribution in [1.82, 2.24) is 9.47 Å². The summed E-state index contributed by atoms with van der Waals surface area (Å²) in [5.74, 6) is 0. The number of amides is 2. The zero-order chi connectivity index (χ0) is 16.4. The third-order valence-corrected chi connectivity index (χ3v) is 4.72. The number of para-hydroxylation sites is 1. The van der Waals surface area contributed by atoms with Crippen molar-refractivity contribution in [3.63, 3.8) is 0 Å². The summed E-state index contributed by atoms with van der Waals surface area (Å²) in [6.45, 7) is 7.95. The molecule has 0 aliphatic carbocycles. The molecule has 0 radical (unpaired) electrons. The molecular weight excluding hydrogens is 286 g/mol. The van der Waals surface area contributed by atoms with Crippen LogP contribution in [0, 0.1) is 13.8 Å². The number of benzene rings is 1. The standard InChI is InChI=1S/C19H25N3O/c1-4-7-17-18-11-10-15(3)21(18)12-13-22(17)19(23)20-16-9-6-5-8-14(16)2/h5-6,8-11,17H,4,7,12-13H2,1-3H3,(H,20,23). The van der Waals surface area contributed by atoms with Gasteiger partial charge >= 0.3 is 6.03 Å². The molecule has 2 aromatic rings. The van der Waals surface area contributed by atoms with Crippen molar-refractivity contribution in [3.8, 4) is 0 Å². The van der Waals surface area contributed by atoms with Gasteiger partial charge in [-0.3, -0.25) is 0 Å². The van der Waals surface area contributed by atoms with E-state index in [4.69, 9.17) is 0 Å². The lowest BCUT2D eigenvalue weighted by molar-refractivity contribution is 0.162. The number of rotatable bonds is 3. The topological polar surface area (TPSA) is 37.3 Å². The van der Waals surface area contributed by atoms with Crippen molar-refractivity contribution in [2.24, 2.45) is 0 Å². The van der Waals surface area contributed by atoms with Crippen molar-refractivity contribution < 1.29 is 4.79 Å². The second kappa shape index (κ2) is 6.49. The number of hydrogen-bond acceptors (Lipinski definition) is 1. The highest BCUT2D eigenvalue weighted by atomic mass is 16.2. The molecule has 0 spiro atoms. The molecule has 2 heterocycles. The van der Waals surface area contributed by atoms with Gasteiger partial charge in [0.2, 0.25) is 0 Å². The van der Waals surface area contributed by atoms with Crippen LogP contribution in [0.2, 0.25) is 0 Å². The van der Waals surface area contributed by atoms with Gasteiger partial charge in [0.25, 0.3) is 0 Å². The van der Waals surface area contributed by atoms with Gasteiger partial charge in [-0.2, -0.15) is 0 Å². The third kappa shape index (κ3) is 2.98. The van der Waals surface area contributed by atoms with E-state index in [1.54, 1.807) is 0 Å². The Bertz CT molecular complexity index is 704. The highest BCUT2D eigenvalue weighted by Gasteiger charge is 2.31. The predicted molar refractivity (Wildman–Crippen MR) is 93.7 cm³/mol. The van der Waals surface area contributed by atoms with Crippen molar-refractivity contribution in [1.29, 1.82) is 0 Å². The van der Waals surface area contributed by atoms with E-state index in [1.807, 2.05) is 36.1 Å². The van der Waals surface area contributed by atoms with Crippen LogP contribution in [0.15, 0.2) is 36.4 Å². The molecule has 1 atom stereocenters. The molecule has 0 saturated heterocycles. The van der Waals surface area contributed by atoms with E-state index >= 15 is 0 Å². The highest BCUT2D eigenvalue weighted by molar-refractivity contribution is 5.90. The molecule has 23 heavy (non-hydrogen) atoms. The number of carbonyl (C=O) groups is 1. The fourth-order valence-corrected chi connectivity index (χ4v) is 3.43. The largest absolute Gasteiger partial charge is 0.345 e. The summed E-state index contributed by atoms with van der Waals surface area (Å²) in [6.07, 6.45) is 2.05. The molecule has 1 aliphatic heterocycles. The van der Waals surface area contributed by atoms with Crippen LogP contribution in [-0.2, 0) is 6.54 Å². The van der Waals surface area contributed by atoms with Crippen molar-refractivity contribution >= 4 is 11.7 Å². The summed E-state index contributed by atoms with van der Waals surface area (Å²) in [7, 11) is 0. The number of nitrogens with one attached hydrogen (secondary N) is 1. The summed E-state index contributed by atoms with van der Waals surface area (Å²) >= 11 is 0. The third-order valence-electron chi connectivity index (χ3n) is 4.72. The normalized spacial score (nSPS) is 17.0. The SMILES string of the molecule is CCCC1c2ccc(C)n2CCN1C(=O)Nc1ccccc1C. The number of aryl methyl sites for hydroxylation is 2. The Kier molecular flexibility index (Phi) is 4.42. The van der Waals surface area contributed by atoms with Crippen molar-refractivity contribution in [2.45, 2.75) is 46.2 Å². The minimum Gasteiger partial charge on any atom is -0.345 e. The van der Waals surface area contributed by atoms with E-state index in [-0.39, 0.29) is 12.1 Å². The van der Waals surface area contributed by atoms with E-state index in [9.17, 15) is 4.79 Å². The van der Waals surface area contributed by atoms with E-state index < -0.39 is 0 Å². The number of anilines is 1. The molecule has 1 aromatic carbocycles. The predicted octanol–water partition coefficient (Wildman–Crippen LogP) is 4.49. The molecule has 122 valence electrons. The fourth-order valence-electron chi connectivity index (χ4n) is 3.43. The summed E-state index contributed by atoms with van der Waals surface area (Å²) < 4.78 is 2.35. The van der Waals surface area contributed by atoms with E-state index in [0.29, 0.717) is 0 Å². The van der Waals surface area contributed by atoms with Crippen LogP contribution in [-0.4, -0.2) is 22.0 Å². The summed E-state index contributed by atoms with van der Waals surface area (Å²) in [5.41, 5.74) is 4.52. The molecule has 0 fully saturated rings. The maximum absolute atomic E-state index is 12.8. The van der Waals surface area contributed by atoms with Crippen LogP contribution in [0.3, 0.4) is 0 Å². The first kappa shape index (κ1) is 15.7. The number of fused-ring (bicyclic) bond motifs is 1. The van der Waals surface area contributed by atoms with Crippen LogP contribution < -0.4 is 5.32 Å². The number of aromatic nitrogens is 1. The van der Waals surface area contributed by atoms with Gasteiger partial charge in [0.1, 0.15) is 0 Å². The van der Waals surface area contributed by atoms with Gasteiger partial charge in [-0.05, 0) is 44.0 Å². The molecular formula is C19H25N3O. The van der Waals surface area contributed by atoms with Gasteiger partial charge in [0.05, 0.1) is 6.04 Å². The molecule has 1 N–H and O–H groups in total. The average molecular weight is 311 g/mol. The Hall–Kier alpha value is -2.23. The number of carbonyl (C=O) groups excluding carboxylic acids is 1. The number of urea groups is 1. The van der Waals surface area contributed by atoms with Crippen LogP contribution in [0.1, 0.15) is 42.8 Å². The van der Waals surface area contributed by atoms with Crippen LogP contribution in [0.25, 0.3) is 0 Å². The van der Waals surface area contributed by atoms with Crippen LogP contribution in [0.5, 0.6) is 0 Å². The Labute approximate surface area is 138 Å². The van der Waals surface area contributed by atoms with Gasteiger partial charge in [-0.1, -0.05) is 31.5 Å². The zero-order valence-corrected chi connectivity index (χ0v) is 14.2. The summed E-state index contributed by atoms with van der Waals surface area (Å²) in [5, 5.41) is 3.08. The van der Waals surface area contributed by atoms with Crippen molar-refractivity contribution in [2.75, 3.05) is 11.9 Å². The Balaban J connectivity index is 1.84. The Morgan fingerprint density at radius 2 is 1.96 bits per heavy atom. The van der Waals surface area contributed by atoms with Gasteiger partial charge in [0.15, 0.2) is 0 Å². The lowest BCUT2D eigenvalue weighted by Crippen LogP contribution is -2.44. The smallest absolute Gasteiger partial charge is 0.322 e. The monoisotopic (exact) mass is 311 g/mol. The minimum atomic E-state index is 0.00264. The molecule has 1 aromatic heterocycles. The summed E-state index contributed by atoms with van der Waals surface area (Å²) in [4.78, 5) is 14.8. The van der Waals surface area contributed by atoms with Gasteiger partial charge < -0.3 is 14.8 Å². The van der Waals surface area contributed by atoms with Gasteiger partial charge in [0, 0.05) is 30.2 Å². The van der Waals surface area contributed by atoms with E-state index in [2.05, 4.69) is 35.9 Å². The molecule has 2 amide bonds. The molecule has 3 rings (SSSR count). The van der Waals surface area contributed by atoms with E-state index in [0.717, 1.165) is 37.2 Å².